The Morgan fingerprint density at radius 1 is 1.14 bits per heavy atom. The van der Waals surface area contributed by atoms with Crippen molar-refractivity contribution in [3.05, 3.63) is 53.8 Å². The van der Waals surface area contributed by atoms with Crippen LogP contribution in [0, 0.1) is 5.82 Å². The number of halogens is 1. The first-order valence-electron chi connectivity index (χ1n) is 9.77. The first-order chi connectivity index (χ1) is 13.8. The van der Waals surface area contributed by atoms with Gasteiger partial charge in [-0.2, -0.15) is 0 Å². The fourth-order valence-corrected chi connectivity index (χ4v) is 5.04. The van der Waals surface area contributed by atoms with Crippen LogP contribution in [0.4, 0.5) is 10.1 Å². The summed E-state index contributed by atoms with van der Waals surface area (Å²) in [5, 5.41) is 0. The van der Waals surface area contributed by atoms with E-state index in [1.807, 2.05) is 31.1 Å². The number of quaternary nitrogens is 1. The second-order valence-corrected chi connectivity index (χ2v) is 9.29. The molecule has 0 unspecified atom stereocenters. The molecule has 2 aromatic carbocycles. The molecule has 3 rings (SSSR count). The Kier molecular flexibility index (Phi) is 6.77. The normalized spacial score (nSPS) is 16.0. The second kappa shape index (κ2) is 9.11. The molecule has 2 aromatic rings. The third kappa shape index (κ3) is 5.07. The van der Waals surface area contributed by atoms with E-state index in [-0.39, 0.29) is 23.2 Å². The lowest BCUT2D eigenvalue weighted by atomic mass is 10.1. The van der Waals surface area contributed by atoms with E-state index in [9.17, 15) is 12.8 Å². The number of hydrogen-bond acceptors (Lipinski definition) is 4. The molecule has 158 valence electrons. The molecule has 8 heteroatoms. The van der Waals surface area contributed by atoms with Crippen molar-refractivity contribution in [2.24, 2.45) is 0 Å². The van der Waals surface area contributed by atoms with Gasteiger partial charge in [-0.1, -0.05) is 12.1 Å². The topological polar surface area (TPSA) is 63.1 Å². The molecular formula is C21H29FN3O3S+. The quantitative estimate of drug-likeness (QED) is 0.678. The fourth-order valence-electron chi connectivity index (χ4n) is 3.81. The monoisotopic (exact) mass is 422 g/mol. The number of benzene rings is 2. The molecule has 1 heterocycles. The number of hydrogen-bond donors (Lipinski definition) is 2. The van der Waals surface area contributed by atoms with Crippen molar-refractivity contribution in [1.29, 1.82) is 0 Å². The molecule has 0 aliphatic carbocycles. The average Bonchev–Trinajstić information content (AvgIpc) is 3.23. The predicted molar refractivity (Wildman–Crippen MR) is 112 cm³/mol. The van der Waals surface area contributed by atoms with E-state index in [1.165, 1.54) is 24.1 Å². The average molecular weight is 423 g/mol. The number of anilines is 1. The highest BCUT2D eigenvalue weighted by atomic mass is 32.2. The molecule has 0 aromatic heterocycles. The lowest BCUT2D eigenvalue weighted by molar-refractivity contribution is -0.918. The van der Waals surface area contributed by atoms with Crippen molar-refractivity contribution >= 4 is 15.7 Å². The van der Waals surface area contributed by atoms with Crippen molar-refractivity contribution in [3.63, 3.8) is 0 Å². The van der Waals surface area contributed by atoms with Gasteiger partial charge in [-0.25, -0.2) is 17.5 Å². The minimum Gasteiger partial charge on any atom is -0.495 e. The van der Waals surface area contributed by atoms with E-state index >= 15 is 0 Å². The van der Waals surface area contributed by atoms with E-state index in [4.69, 9.17) is 4.74 Å². The summed E-state index contributed by atoms with van der Waals surface area (Å²) in [6, 6.07) is 11.7. The second-order valence-electron chi connectivity index (χ2n) is 7.55. The molecule has 0 radical (unpaired) electrons. The molecule has 0 saturated carbocycles. The zero-order chi connectivity index (χ0) is 21.0. The van der Waals surface area contributed by atoms with Gasteiger partial charge >= 0.3 is 0 Å². The molecule has 1 aliphatic rings. The van der Waals surface area contributed by atoms with Crippen LogP contribution in [-0.4, -0.2) is 49.3 Å². The van der Waals surface area contributed by atoms with Gasteiger partial charge in [-0.15, -0.1) is 0 Å². The van der Waals surface area contributed by atoms with Crippen LogP contribution in [0.3, 0.4) is 0 Å². The Balaban J connectivity index is 1.84. The molecule has 6 nitrogen and oxygen atoms in total. The molecular weight excluding hydrogens is 393 g/mol. The minimum atomic E-state index is -3.92. The van der Waals surface area contributed by atoms with Crippen LogP contribution in [0.1, 0.15) is 24.4 Å². The molecule has 1 fully saturated rings. The third-order valence-electron chi connectivity index (χ3n) is 5.44. The van der Waals surface area contributed by atoms with Gasteiger partial charge < -0.3 is 14.5 Å². The van der Waals surface area contributed by atoms with E-state index in [0.29, 0.717) is 0 Å². The van der Waals surface area contributed by atoms with Crippen molar-refractivity contribution in [3.8, 4) is 5.75 Å². The fraction of sp³-hybridized carbons (Fsp3) is 0.429. The summed E-state index contributed by atoms with van der Waals surface area (Å²) in [5.74, 6) is -0.494. The lowest BCUT2D eigenvalue weighted by Crippen LogP contribution is -3.11. The van der Waals surface area contributed by atoms with Crippen molar-refractivity contribution in [1.82, 2.24) is 4.72 Å². The molecule has 0 bridgehead atoms. The van der Waals surface area contributed by atoms with Crippen LogP contribution >= 0.6 is 0 Å². The highest BCUT2D eigenvalue weighted by Gasteiger charge is 2.30. The van der Waals surface area contributed by atoms with Crippen LogP contribution in [0.25, 0.3) is 0 Å². The standard InChI is InChI=1S/C21H28FN3O3S/c1-24(2)18-9-6-16(7-10-18)19(25-12-4-5-13-25)15-23-29(26,27)21-14-17(22)8-11-20(21)28-3/h6-11,14,19,23H,4-5,12-13,15H2,1-3H3/p+1/t19-/m1/s1. The molecule has 0 amide bonds. The first-order valence-corrected chi connectivity index (χ1v) is 11.2. The van der Waals surface area contributed by atoms with Crippen molar-refractivity contribution in [2.75, 3.05) is 45.7 Å². The number of nitrogens with one attached hydrogen (secondary N) is 2. The number of rotatable bonds is 8. The van der Waals surface area contributed by atoms with Crippen LogP contribution in [0.15, 0.2) is 47.4 Å². The number of nitrogens with zero attached hydrogens (tertiary/aromatic N) is 1. The van der Waals surface area contributed by atoms with Gasteiger partial charge in [0.25, 0.3) is 0 Å². The molecule has 1 atom stereocenters. The summed E-state index contributed by atoms with van der Waals surface area (Å²) in [6.45, 7) is 2.24. The number of ether oxygens (including phenoxy) is 1. The lowest BCUT2D eigenvalue weighted by Gasteiger charge is -2.26. The maximum atomic E-state index is 13.7. The van der Waals surface area contributed by atoms with E-state index in [0.717, 1.165) is 43.2 Å². The minimum absolute atomic E-state index is 0.0111. The zero-order valence-corrected chi connectivity index (χ0v) is 17.9. The van der Waals surface area contributed by atoms with Gasteiger partial charge in [0.2, 0.25) is 10.0 Å². The molecule has 29 heavy (non-hydrogen) atoms. The Bertz CT molecular complexity index is 927. The van der Waals surface area contributed by atoms with Gasteiger partial charge in [0.1, 0.15) is 22.5 Å². The van der Waals surface area contributed by atoms with E-state index in [1.54, 1.807) is 0 Å². The van der Waals surface area contributed by atoms with Crippen molar-refractivity contribution in [2.45, 2.75) is 23.8 Å². The summed E-state index contributed by atoms with van der Waals surface area (Å²) in [4.78, 5) is 3.20. The summed E-state index contributed by atoms with van der Waals surface area (Å²) < 4.78 is 47.2. The van der Waals surface area contributed by atoms with Crippen molar-refractivity contribution < 1.29 is 22.4 Å². The maximum Gasteiger partial charge on any atom is 0.244 e. The highest BCUT2D eigenvalue weighted by Crippen LogP contribution is 2.25. The molecule has 1 aliphatic heterocycles. The largest absolute Gasteiger partial charge is 0.495 e. The Morgan fingerprint density at radius 2 is 1.79 bits per heavy atom. The SMILES string of the molecule is COc1ccc(F)cc1S(=O)(=O)NC[C@H](c1ccc(N(C)C)cc1)[NH+]1CCCC1. The third-order valence-corrected chi connectivity index (χ3v) is 6.89. The maximum absolute atomic E-state index is 13.7. The van der Waals surface area contributed by atoms with Crippen LogP contribution in [-0.2, 0) is 10.0 Å². The van der Waals surface area contributed by atoms with Gasteiger partial charge in [0, 0.05) is 38.2 Å². The number of sulfonamides is 1. The van der Waals surface area contributed by atoms with Gasteiger partial charge in [0.05, 0.1) is 26.7 Å². The Hall–Kier alpha value is -2.16. The number of methoxy groups -OCH3 is 1. The number of likely N-dealkylation sites (tertiary alicyclic amines) is 1. The van der Waals surface area contributed by atoms with E-state index in [2.05, 4.69) is 16.9 Å². The highest BCUT2D eigenvalue weighted by molar-refractivity contribution is 7.89. The van der Waals surface area contributed by atoms with Crippen LogP contribution < -0.4 is 19.3 Å². The van der Waals surface area contributed by atoms with Crippen LogP contribution in [0.2, 0.25) is 0 Å². The molecule has 1 saturated heterocycles. The smallest absolute Gasteiger partial charge is 0.244 e. The Morgan fingerprint density at radius 3 is 2.38 bits per heavy atom. The van der Waals surface area contributed by atoms with Gasteiger partial charge in [-0.3, -0.25) is 0 Å². The summed E-state index contributed by atoms with van der Waals surface area (Å²) in [6.07, 6.45) is 2.26. The Labute approximate surface area is 172 Å². The molecule has 2 N–H and O–H groups in total. The zero-order valence-electron chi connectivity index (χ0n) is 17.1. The molecule has 0 spiro atoms. The predicted octanol–water partition coefficient (Wildman–Crippen LogP) is 1.60. The van der Waals surface area contributed by atoms with Crippen LogP contribution in [0.5, 0.6) is 5.75 Å². The summed E-state index contributed by atoms with van der Waals surface area (Å²) >= 11 is 0. The summed E-state index contributed by atoms with van der Waals surface area (Å²) in [7, 11) is 1.42. The summed E-state index contributed by atoms with van der Waals surface area (Å²) in [5.41, 5.74) is 2.18. The van der Waals surface area contributed by atoms with Gasteiger partial charge in [-0.05, 0) is 30.3 Å². The van der Waals surface area contributed by atoms with Gasteiger partial charge in [0.15, 0.2) is 0 Å². The first kappa shape index (κ1) is 21.5. The van der Waals surface area contributed by atoms with E-state index < -0.39 is 15.8 Å².